The second-order valence-electron chi connectivity index (χ2n) is 9.21. The molecule has 1 amide bonds. The van der Waals surface area contributed by atoms with Crippen molar-refractivity contribution in [1.82, 2.24) is 14.9 Å². The van der Waals surface area contributed by atoms with Crippen molar-refractivity contribution in [2.45, 2.75) is 57.5 Å². The molecule has 4 aromatic rings. The Kier molecular flexibility index (Phi) is 6.28. The maximum atomic E-state index is 14.3. The third-order valence-corrected chi connectivity index (χ3v) is 7.35. The van der Waals surface area contributed by atoms with Crippen molar-refractivity contribution in [3.8, 4) is 0 Å². The summed E-state index contributed by atoms with van der Waals surface area (Å²) in [5.41, 5.74) is 4.45. The molecular weight excluding hydrogens is 469 g/mol. The molecule has 0 spiro atoms. The van der Waals surface area contributed by atoms with Crippen molar-refractivity contribution in [2.24, 2.45) is 0 Å². The maximum Gasteiger partial charge on any atom is 0.326 e. The van der Waals surface area contributed by atoms with Crippen LogP contribution in [0.1, 0.15) is 49.0 Å². The van der Waals surface area contributed by atoms with E-state index in [2.05, 4.69) is 10.3 Å². The second-order valence-corrected chi connectivity index (χ2v) is 9.62. The lowest BCUT2D eigenvalue weighted by atomic mass is 9.91. The standard InChI is InChI=1S/C27H27ClFN3O3/c1-2-23(27(34)35)32-24-9-8-17(13-19(24)20-11-16(29)12-21(28)26(20)32)31-25(33)10-7-15-14-30-22-6-4-3-5-18(15)22/h3-6,11-12,14,17,23,30H,2,7-10,13H2,1H3,(H,31,33)(H,34,35). The number of aromatic nitrogens is 2. The Balaban J connectivity index is 1.37. The highest BCUT2D eigenvalue weighted by Gasteiger charge is 2.32. The predicted molar refractivity (Wildman–Crippen MR) is 134 cm³/mol. The van der Waals surface area contributed by atoms with E-state index in [4.69, 9.17) is 11.6 Å². The fourth-order valence-corrected chi connectivity index (χ4v) is 5.75. The number of aromatic amines is 1. The highest BCUT2D eigenvalue weighted by Crippen LogP contribution is 2.39. The summed E-state index contributed by atoms with van der Waals surface area (Å²) in [5.74, 6) is -1.44. The lowest BCUT2D eigenvalue weighted by Crippen LogP contribution is -2.39. The number of carboxylic acids is 1. The predicted octanol–water partition coefficient (Wildman–Crippen LogP) is 5.56. The Morgan fingerprint density at radius 3 is 2.86 bits per heavy atom. The topological polar surface area (TPSA) is 87.1 Å². The number of amides is 1. The van der Waals surface area contributed by atoms with Gasteiger partial charge in [-0.05, 0) is 61.4 Å². The molecule has 0 saturated heterocycles. The molecule has 2 atom stereocenters. The first-order valence-electron chi connectivity index (χ1n) is 11.9. The molecule has 1 aliphatic carbocycles. The van der Waals surface area contributed by atoms with Crippen molar-refractivity contribution in [2.75, 3.05) is 0 Å². The fraction of sp³-hybridized carbons (Fsp3) is 0.333. The zero-order valence-electron chi connectivity index (χ0n) is 19.4. The molecular formula is C27H27ClFN3O3. The molecule has 182 valence electrons. The molecule has 0 radical (unpaired) electrons. The molecule has 0 fully saturated rings. The molecule has 0 saturated carbocycles. The van der Waals surface area contributed by atoms with E-state index in [-0.39, 0.29) is 17.0 Å². The summed E-state index contributed by atoms with van der Waals surface area (Å²) in [6, 6.07) is 9.77. The number of carboxylic acid groups (broad SMARTS) is 1. The van der Waals surface area contributed by atoms with Crippen LogP contribution in [0.25, 0.3) is 21.8 Å². The van der Waals surface area contributed by atoms with Crippen LogP contribution in [0, 0.1) is 5.82 Å². The highest BCUT2D eigenvalue weighted by molar-refractivity contribution is 6.35. The van der Waals surface area contributed by atoms with Crippen molar-refractivity contribution in [3.63, 3.8) is 0 Å². The summed E-state index contributed by atoms with van der Waals surface area (Å²) in [6.07, 6.45) is 5.10. The summed E-state index contributed by atoms with van der Waals surface area (Å²) in [4.78, 5) is 28.0. The quantitative estimate of drug-likeness (QED) is 0.314. The fourth-order valence-electron chi connectivity index (χ4n) is 5.46. The zero-order valence-corrected chi connectivity index (χ0v) is 20.2. The molecule has 2 heterocycles. The number of carbonyl (C=O) groups excluding carboxylic acids is 1. The van der Waals surface area contributed by atoms with E-state index in [9.17, 15) is 19.1 Å². The van der Waals surface area contributed by atoms with Crippen molar-refractivity contribution < 1.29 is 19.1 Å². The van der Waals surface area contributed by atoms with E-state index >= 15 is 0 Å². The zero-order chi connectivity index (χ0) is 24.7. The van der Waals surface area contributed by atoms with E-state index < -0.39 is 17.8 Å². The largest absolute Gasteiger partial charge is 0.480 e. The molecule has 3 N–H and O–H groups in total. The van der Waals surface area contributed by atoms with E-state index in [0.717, 1.165) is 27.7 Å². The Labute approximate surface area is 207 Å². The number of H-pyrrole nitrogens is 1. The summed E-state index contributed by atoms with van der Waals surface area (Å²) < 4.78 is 16.1. The van der Waals surface area contributed by atoms with Crippen LogP contribution in [0.15, 0.2) is 42.6 Å². The Morgan fingerprint density at radius 2 is 2.09 bits per heavy atom. The monoisotopic (exact) mass is 495 g/mol. The van der Waals surface area contributed by atoms with Gasteiger partial charge in [0.25, 0.3) is 0 Å². The van der Waals surface area contributed by atoms with Gasteiger partial charge < -0.3 is 20.0 Å². The number of hydrogen-bond donors (Lipinski definition) is 3. The Morgan fingerprint density at radius 1 is 1.29 bits per heavy atom. The third kappa shape index (κ3) is 4.29. The maximum absolute atomic E-state index is 14.3. The van der Waals surface area contributed by atoms with Crippen LogP contribution in [0.4, 0.5) is 4.39 Å². The van der Waals surface area contributed by atoms with Crippen LogP contribution < -0.4 is 5.32 Å². The number of para-hydroxylation sites is 1. The molecule has 2 aromatic heterocycles. The lowest BCUT2D eigenvalue weighted by Gasteiger charge is -2.26. The molecule has 2 unspecified atom stereocenters. The van der Waals surface area contributed by atoms with Gasteiger partial charge >= 0.3 is 5.97 Å². The number of benzene rings is 2. The summed E-state index contributed by atoms with van der Waals surface area (Å²) in [6.45, 7) is 1.81. The van der Waals surface area contributed by atoms with Crippen LogP contribution >= 0.6 is 11.6 Å². The van der Waals surface area contributed by atoms with Gasteiger partial charge in [0, 0.05) is 40.6 Å². The van der Waals surface area contributed by atoms with Gasteiger partial charge in [-0.2, -0.15) is 0 Å². The molecule has 8 heteroatoms. The first-order valence-corrected chi connectivity index (χ1v) is 12.3. The van der Waals surface area contributed by atoms with Crippen molar-refractivity contribution in [1.29, 1.82) is 0 Å². The van der Waals surface area contributed by atoms with E-state index in [1.807, 2.05) is 37.4 Å². The lowest BCUT2D eigenvalue weighted by molar-refractivity contribution is -0.141. The first kappa shape index (κ1) is 23.4. The number of rotatable bonds is 7. The summed E-state index contributed by atoms with van der Waals surface area (Å²) >= 11 is 6.42. The second kappa shape index (κ2) is 9.38. The van der Waals surface area contributed by atoms with Gasteiger partial charge in [-0.15, -0.1) is 0 Å². The number of hydrogen-bond acceptors (Lipinski definition) is 2. The summed E-state index contributed by atoms with van der Waals surface area (Å²) in [5, 5.41) is 14.9. The number of halogens is 2. The minimum Gasteiger partial charge on any atom is -0.480 e. The number of nitrogens with one attached hydrogen (secondary N) is 2. The number of aliphatic carboxylic acids is 1. The Hall–Kier alpha value is -3.32. The molecule has 2 aromatic carbocycles. The number of fused-ring (bicyclic) bond motifs is 4. The average Bonchev–Trinajstić information content (AvgIpc) is 3.37. The van der Waals surface area contributed by atoms with Crippen LogP contribution in [0.5, 0.6) is 0 Å². The molecule has 5 rings (SSSR count). The van der Waals surface area contributed by atoms with Gasteiger partial charge in [-0.3, -0.25) is 4.79 Å². The van der Waals surface area contributed by atoms with Gasteiger partial charge in [0.2, 0.25) is 5.91 Å². The number of aryl methyl sites for hydroxylation is 1. The molecule has 6 nitrogen and oxygen atoms in total. The van der Waals surface area contributed by atoms with Gasteiger partial charge in [0.15, 0.2) is 0 Å². The minimum absolute atomic E-state index is 0.0337. The van der Waals surface area contributed by atoms with Crippen LogP contribution in [-0.2, 0) is 28.9 Å². The minimum atomic E-state index is -0.944. The van der Waals surface area contributed by atoms with E-state index in [0.29, 0.717) is 49.4 Å². The number of nitrogens with zero attached hydrogens (tertiary/aromatic N) is 1. The van der Waals surface area contributed by atoms with E-state index in [1.165, 1.54) is 12.1 Å². The highest BCUT2D eigenvalue weighted by atomic mass is 35.5. The molecule has 1 aliphatic rings. The molecule has 35 heavy (non-hydrogen) atoms. The van der Waals surface area contributed by atoms with Crippen LogP contribution in [0.2, 0.25) is 5.02 Å². The Bertz CT molecular complexity index is 1440. The van der Waals surface area contributed by atoms with Crippen LogP contribution in [0.3, 0.4) is 0 Å². The van der Waals surface area contributed by atoms with Gasteiger partial charge in [0.1, 0.15) is 11.9 Å². The van der Waals surface area contributed by atoms with Crippen LogP contribution in [-0.4, -0.2) is 32.6 Å². The number of carbonyl (C=O) groups is 2. The molecule has 0 bridgehead atoms. The average molecular weight is 496 g/mol. The van der Waals surface area contributed by atoms with Gasteiger partial charge in [0.05, 0.1) is 10.5 Å². The smallest absolute Gasteiger partial charge is 0.326 e. The first-order chi connectivity index (χ1) is 16.9. The summed E-state index contributed by atoms with van der Waals surface area (Å²) in [7, 11) is 0. The van der Waals surface area contributed by atoms with Crippen molar-refractivity contribution >= 4 is 45.3 Å². The molecule has 0 aliphatic heterocycles. The SMILES string of the molecule is CCC(C(=O)O)n1c2c(c3cc(F)cc(Cl)c31)CC(NC(=O)CCc1c[nH]c3ccccc13)CC2. The van der Waals surface area contributed by atoms with Gasteiger partial charge in [-0.25, -0.2) is 9.18 Å². The van der Waals surface area contributed by atoms with Crippen molar-refractivity contribution in [3.05, 3.63) is 70.3 Å². The third-order valence-electron chi connectivity index (χ3n) is 7.06. The van der Waals surface area contributed by atoms with E-state index in [1.54, 1.807) is 4.57 Å². The van der Waals surface area contributed by atoms with Gasteiger partial charge in [-0.1, -0.05) is 36.7 Å². The normalized spacial score (nSPS) is 16.4.